The lowest BCUT2D eigenvalue weighted by Crippen LogP contribution is -2.06. The Morgan fingerprint density at radius 1 is 0.714 bits per heavy atom. The van der Waals surface area contributed by atoms with Crippen molar-refractivity contribution < 1.29 is 39.6 Å². The van der Waals surface area contributed by atoms with E-state index in [1.165, 1.54) is 24.3 Å². The molecule has 0 aromatic heterocycles. The van der Waals surface area contributed by atoms with E-state index >= 15 is 0 Å². The molecule has 0 saturated heterocycles. The van der Waals surface area contributed by atoms with Gasteiger partial charge in [-0.3, -0.25) is 9.59 Å². The standard InChI is InChI=1S/C8H6O4.C5H8O4/c9-7(10)5-3-1-2-4-6(5)8(11)12;6-4(7)2-1-3-5(8)9/h1-4H,(H,9,10)(H,11,12);1-3H2,(H,6,7)(H,8,9). The number of aromatic carboxylic acids is 2. The fourth-order valence-electron chi connectivity index (χ4n) is 1.25. The van der Waals surface area contributed by atoms with Crippen molar-refractivity contribution in [3.05, 3.63) is 35.4 Å². The molecule has 0 aliphatic rings. The quantitative estimate of drug-likeness (QED) is 0.615. The monoisotopic (exact) mass is 298 g/mol. The lowest BCUT2D eigenvalue weighted by atomic mass is 10.1. The van der Waals surface area contributed by atoms with Crippen molar-refractivity contribution in [3.63, 3.8) is 0 Å². The summed E-state index contributed by atoms with van der Waals surface area (Å²) in [7, 11) is 0. The maximum atomic E-state index is 10.5. The van der Waals surface area contributed by atoms with Gasteiger partial charge in [0, 0.05) is 12.8 Å². The molecule has 114 valence electrons. The lowest BCUT2D eigenvalue weighted by Gasteiger charge is -1.98. The van der Waals surface area contributed by atoms with Gasteiger partial charge in [-0.25, -0.2) is 9.59 Å². The Bertz CT molecular complexity index is 488. The molecule has 0 amide bonds. The van der Waals surface area contributed by atoms with E-state index in [0.29, 0.717) is 0 Å². The van der Waals surface area contributed by atoms with Gasteiger partial charge in [-0.15, -0.1) is 0 Å². The lowest BCUT2D eigenvalue weighted by molar-refractivity contribution is -0.138. The maximum Gasteiger partial charge on any atom is 0.336 e. The molecule has 0 saturated carbocycles. The van der Waals surface area contributed by atoms with Crippen molar-refractivity contribution in [1.82, 2.24) is 0 Å². The van der Waals surface area contributed by atoms with Gasteiger partial charge < -0.3 is 20.4 Å². The smallest absolute Gasteiger partial charge is 0.336 e. The molecule has 0 heterocycles. The van der Waals surface area contributed by atoms with Crippen LogP contribution in [0.3, 0.4) is 0 Å². The van der Waals surface area contributed by atoms with Crippen molar-refractivity contribution in [1.29, 1.82) is 0 Å². The van der Waals surface area contributed by atoms with Crippen molar-refractivity contribution in [2.24, 2.45) is 0 Å². The Labute approximate surface area is 119 Å². The van der Waals surface area contributed by atoms with Crippen molar-refractivity contribution >= 4 is 23.9 Å². The van der Waals surface area contributed by atoms with Crippen LogP contribution in [0.25, 0.3) is 0 Å². The molecule has 1 aromatic carbocycles. The number of carboxylic acid groups (broad SMARTS) is 4. The molecule has 1 aromatic rings. The van der Waals surface area contributed by atoms with Crippen molar-refractivity contribution in [3.8, 4) is 0 Å². The fraction of sp³-hybridized carbons (Fsp3) is 0.231. The highest BCUT2D eigenvalue weighted by Crippen LogP contribution is 2.07. The van der Waals surface area contributed by atoms with E-state index in [9.17, 15) is 19.2 Å². The first-order chi connectivity index (χ1) is 9.75. The zero-order valence-electron chi connectivity index (χ0n) is 10.9. The highest BCUT2D eigenvalue weighted by Gasteiger charge is 2.13. The molecule has 0 spiro atoms. The van der Waals surface area contributed by atoms with Gasteiger partial charge in [0.1, 0.15) is 0 Å². The zero-order valence-corrected chi connectivity index (χ0v) is 10.9. The highest BCUT2D eigenvalue weighted by molar-refractivity contribution is 6.01. The average molecular weight is 298 g/mol. The van der Waals surface area contributed by atoms with Crippen LogP contribution in [-0.2, 0) is 9.59 Å². The minimum absolute atomic E-state index is 0.0632. The average Bonchev–Trinajstić information content (AvgIpc) is 2.38. The summed E-state index contributed by atoms with van der Waals surface area (Å²) in [6.45, 7) is 0. The highest BCUT2D eigenvalue weighted by atomic mass is 16.4. The molecule has 1 rings (SSSR count). The summed E-state index contributed by atoms with van der Waals surface area (Å²) >= 11 is 0. The number of hydrogen-bond acceptors (Lipinski definition) is 4. The SMILES string of the molecule is O=C(O)CCCC(=O)O.O=C(O)c1ccccc1C(=O)O. The molecular weight excluding hydrogens is 284 g/mol. The summed E-state index contributed by atoms with van der Waals surface area (Å²) in [5, 5.41) is 33.2. The second kappa shape index (κ2) is 9.08. The van der Waals surface area contributed by atoms with Gasteiger partial charge in [-0.05, 0) is 18.6 Å². The largest absolute Gasteiger partial charge is 0.481 e. The Morgan fingerprint density at radius 2 is 1.05 bits per heavy atom. The van der Waals surface area contributed by atoms with Crippen LogP contribution in [0, 0.1) is 0 Å². The maximum absolute atomic E-state index is 10.5. The van der Waals surface area contributed by atoms with E-state index in [0.717, 1.165) is 0 Å². The Hall–Kier alpha value is -2.90. The van der Waals surface area contributed by atoms with Crippen LogP contribution in [0.5, 0.6) is 0 Å². The molecule has 0 aliphatic carbocycles. The van der Waals surface area contributed by atoms with E-state index in [-0.39, 0.29) is 30.4 Å². The fourth-order valence-corrected chi connectivity index (χ4v) is 1.25. The van der Waals surface area contributed by atoms with Gasteiger partial charge in [-0.2, -0.15) is 0 Å². The van der Waals surface area contributed by atoms with Crippen LogP contribution in [0.1, 0.15) is 40.0 Å². The number of benzene rings is 1. The van der Waals surface area contributed by atoms with E-state index < -0.39 is 23.9 Å². The van der Waals surface area contributed by atoms with E-state index in [4.69, 9.17) is 20.4 Å². The number of rotatable bonds is 6. The Balaban J connectivity index is 0.000000400. The van der Waals surface area contributed by atoms with Crippen LogP contribution in [0.2, 0.25) is 0 Å². The summed E-state index contributed by atoms with van der Waals surface area (Å²) in [4.78, 5) is 40.5. The molecule has 0 unspecified atom stereocenters. The third-order valence-electron chi connectivity index (χ3n) is 2.17. The van der Waals surface area contributed by atoms with Crippen LogP contribution >= 0.6 is 0 Å². The van der Waals surface area contributed by atoms with Crippen molar-refractivity contribution in [2.75, 3.05) is 0 Å². The first-order valence-corrected chi connectivity index (χ1v) is 5.75. The first-order valence-electron chi connectivity index (χ1n) is 5.75. The second-order valence-corrected chi connectivity index (χ2v) is 3.80. The van der Waals surface area contributed by atoms with Gasteiger partial charge in [-0.1, -0.05) is 12.1 Å². The second-order valence-electron chi connectivity index (χ2n) is 3.80. The third kappa shape index (κ3) is 7.98. The number of hydrogen-bond donors (Lipinski definition) is 4. The molecule has 0 radical (unpaired) electrons. The van der Waals surface area contributed by atoms with Gasteiger partial charge in [0.25, 0.3) is 0 Å². The summed E-state index contributed by atoms with van der Waals surface area (Å²) in [6, 6.07) is 5.48. The summed E-state index contributed by atoms with van der Waals surface area (Å²) in [6.07, 6.45) is 0.0866. The van der Waals surface area contributed by atoms with Gasteiger partial charge in [0.15, 0.2) is 0 Å². The van der Waals surface area contributed by atoms with E-state index in [2.05, 4.69) is 0 Å². The molecule has 8 heteroatoms. The molecule has 0 atom stereocenters. The predicted octanol–water partition coefficient (Wildman–Crippen LogP) is 1.41. The number of aliphatic carboxylic acids is 2. The minimum atomic E-state index is -1.23. The molecule has 0 bridgehead atoms. The van der Waals surface area contributed by atoms with Crippen LogP contribution in [-0.4, -0.2) is 44.3 Å². The molecule has 0 aliphatic heterocycles. The molecule has 4 N–H and O–H groups in total. The van der Waals surface area contributed by atoms with Crippen LogP contribution in [0.15, 0.2) is 24.3 Å². The Kier molecular flexibility index (Phi) is 7.82. The van der Waals surface area contributed by atoms with Crippen molar-refractivity contribution in [2.45, 2.75) is 19.3 Å². The van der Waals surface area contributed by atoms with Crippen LogP contribution in [0.4, 0.5) is 0 Å². The van der Waals surface area contributed by atoms with Gasteiger partial charge >= 0.3 is 23.9 Å². The molecule has 21 heavy (non-hydrogen) atoms. The minimum Gasteiger partial charge on any atom is -0.481 e. The van der Waals surface area contributed by atoms with E-state index in [1.807, 2.05) is 0 Å². The molecular formula is C13H14O8. The molecule has 0 fully saturated rings. The summed E-state index contributed by atoms with van der Waals surface area (Å²) in [5.41, 5.74) is -0.380. The first kappa shape index (κ1) is 18.1. The number of carboxylic acids is 4. The summed E-state index contributed by atoms with van der Waals surface area (Å²) < 4.78 is 0. The molecule has 8 nitrogen and oxygen atoms in total. The van der Waals surface area contributed by atoms with E-state index in [1.54, 1.807) is 0 Å². The Morgan fingerprint density at radius 3 is 1.29 bits per heavy atom. The van der Waals surface area contributed by atoms with Gasteiger partial charge in [0.2, 0.25) is 0 Å². The topological polar surface area (TPSA) is 149 Å². The van der Waals surface area contributed by atoms with Gasteiger partial charge in [0.05, 0.1) is 11.1 Å². The normalized spacial score (nSPS) is 9.14. The summed E-state index contributed by atoms with van der Waals surface area (Å²) in [5.74, 6) is -4.35. The van der Waals surface area contributed by atoms with Crippen LogP contribution < -0.4 is 0 Å². The number of carbonyl (C=O) groups is 4. The predicted molar refractivity (Wildman–Crippen MR) is 69.5 cm³/mol. The third-order valence-corrected chi connectivity index (χ3v) is 2.17. The zero-order chi connectivity index (χ0) is 16.4.